The highest BCUT2D eigenvalue weighted by molar-refractivity contribution is 5.92. The van der Waals surface area contributed by atoms with Gasteiger partial charge in [-0.05, 0) is 23.1 Å². The van der Waals surface area contributed by atoms with Gasteiger partial charge >= 0.3 is 5.97 Å². The quantitative estimate of drug-likeness (QED) is 0.908. The summed E-state index contributed by atoms with van der Waals surface area (Å²) >= 11 is 0. The summed E-state index contributed by atoms with van der Waals surface area (Å²) in [5, 5.41) is 8.70. The first kappa shape index (κ1) is 15.2. The molecule has 0 saturated carbocycles. The van der Waals surface area contributed by atoms with Crippen LogP contribution in [0.15, 0.2) is 24.3 Å². The lowest BCUT2D eigenvalue weighted by Gasteiger charge is -2.23. The van der Waals surface area contributed by atoms with Crippen molar-refractivity contribution in [2.75, 3.05) is 11.4 Å². The van der Waals surface area contributed by atoms with Crippen molar-refractivity contribution >= 4 is 17.6 Å². The molecule has 0 aliphatic heterocycles. The fraction of sp³-hybridized carbons (Fsp3) is 0.467. The number of hydrogen-bond acceptors (Lipinski definition) is 2. The highest BCUT2D eigenvalue weighted by atomic mass is 16.4. The van der Waals surface area contributed by atoms with Crippen LogP contribution in [0.1, 0.15) is 39.7 Å². The summed E-state index contributed by atoms with van der Waals surface area (Å²) in [4.78, 5) is 23.7. The van der Waals surface area contributed by atoms with Gasteiger partial charge in [-0.15, -0.1) is 0 Å². The van der Waals surface area contributed by atoms with Crippen molar-refractivity contribution in [1.82, 2.24) is 0 Å². The van der Waals surface area contributed by atoms with Gasteiger partial charge in [-0.2, -0.15) is 0 Å². The Labute approximate surface area is 114 Å². The van der Waals surface area contributed by atoms with Gasteiger partial charge in [0.05, 0.1) is 6.42 Å². The number of nitrogens with zero attached hydrogens (tertiary/aromatic N) is 1. The van der Waals surface area contributed by atoms with Crippen molar-refractivity contribution in [3.63, 3.8) is 0 Å². The van der Waals surface area contributed by atoms with Crippen LogP contribution in [0.3, 0.4) is 0 Å². The average Bonchev–Trinajstić information content (AvgIpc) is 2.27. The van der Waals surface area contributed by atoms with E-state index in [1.54, 1.807) is 0 Å². The number of carbonyl (C=O) groups is 2. The molecule has 0 heterocycles. The van der Waals surface area contributed by atoms with E-state index in [-0.39, 0.29) is 24.3 Å². The molecule has 0 aliphatic rings. The van der Waals surface area contributed by atoms with Crippen LogP contribution in [0, 0.1) is 0 Å². The minimum Gasteiger partial charge on any atom is -0.481 e. The van der Waals surface area contributed by atoms with Gasteiger partial charge in [-0.1, -0.05) is 32.9 Å². The molecule has 4 heteroatoms. The largest absolute Gasteiger partial charge is 0.481 e. The second-order valence-corrected chi connectivity index (χ2v) is 5.61. The SMILES string of the molecule is CC(=O)N(CCC(=O)O)c1ccc(C(C)(C)C)cc1. The van der Waals surface area contributed by atoms with Crippen molar-refractivity contribution in [3.8, 4) is 0 Å². The van der Waals surface area contributed by atoms with Gasteiger partial charge in [-0.25, -0.2) is 0 Å². The Morgan fingerprint density at radius 1 is 1.16 bits per heavy atom. The Morgan fingerprint density at radius 2 is 1.68 bits per heavy atom. The molecule has 0 saturated heterocycles. The van der Waals surface area contributed by atoms with Gasteiger partial charge in [-0.3, -0.25) is 9.59 Å². The zero-order valence-corrected chi connectivity index (χ0v) is 11.9. The maximum atomic E-state index is 11.6. The lowest BCUT2D eigenvalue weighted by molar-refractivity contribution is -0.136. The number of carbonyl (C=O) groups excluding carboxylic acids is 1. The molecule has 4 nitrogen and oxygen atoms in total. The smallest absolute Gasteiger partial charge is 0.305 e. The molecule has 0 unspecified atom stereocenters. The number of carboxylic acid groups (broad SMARTS) is 1. The first-order valence-electron chi connectivity index (χ1n) is 6.32. The number of carboxylic acids is 1. The number of amides is 1. The van der Waals surface area contributed by atoms with Crippen LogP contribution in [0.5, 0.6) is 0 Å². The fourth-order valence-electron chi connectivity index (χ4n) is 1.82. The van der Waals surface area contributed by atoms with Gasteiger partial charge in [0, 0.05) is 19.2 Å². The summed E-state index contributed by atoms with van der Waals surface area (Å²) in [5.74, 6) is -1.05. The first-order chi connectivity index (χ1) is 8.71. The van der Waals surface area contributed by atoms with Gasteiger partial charge in [0.15, 0.2) is 0 Å². The molecule has 0 aromatic heterocycles. The molecule has 0 radical (unpaired) electrons. The molecule has 104 valence electrons. The molecule has 0 aliphatic carbocycles. The molecule has 0 bridgehead atoms. The molecule has 1 amide bonds. The van der Waals surface area contributed by atoms with Crippen LogP contribution >= 0.6 is 0 Å². The van der Waals surface area contributed by atoms with E-state index in [0.717, 1.165) is 5.69 Å². The predicted molar refractivity (Wildman–Crippen MR) is 75.4 cm³/mol. The average molecular weight is 263 g/mol. The van der Waals surface area contributed by atoms with Gasteiger partial charge in [0.2, 0.25) is 5.91 Å². The van der Waals surface area contributed by atoms with E-state index in [9.17, 15) is 9.59 Å². The summed E-state index contributed by atoms with van der Waals surface area (Å²) < 4.78 is 0. The lowest BCUT2D eigenvalue weighted by Crippen LogP contribution is -2.30. The molecule has 0 spiro atoms. The molecule has 0 atom stereocenters. The van der Waals surface area contributed by atoms with Crippen molar-refractivity contribution < 1.29 is 14.7 Å². The third-order valence-corrected chi connectivity index (χ3v) is 2.97. The van der Waals surface area contributed by atoms with Crippen LogP contribution in [-0.4, -0.2) is 23.5 Å². The first-order valence-corrected chi connectivity index (χ1v) is 6.32. The summed E-state index contributed by atoms with van der Waals surface area (Å²) in [6, 6.07) is 7.69. The highest BCUT2D eigenvalue weighted by Gasteiger charge is 2.16. The molecular weight excluding hydrogens is 242 g/mol. The summed E-state index contributed by atoms with van der Waals surface area (Å²) in [6.45, 7) is 8.00. The van der Waals surface area contributed by atoms with Gasteiger partial charge < -0.3 is 10.0 Å². The third kappa shape index (κ3) is 4.39. The second kappa shape index (κ2) is 5.87. The summed E-state index contributed by atoms with van der Waals surface area (Å²) in [5.41, 5.74) is 1.97. The van der Waals surface area contributed by atoms with E-state index in [1.807, 2.05) is 24.3 Å². The Hall–Kier alpha value is -1.84. The number of rotatable bonds is 4. The molecule has 1 aromatic carbocycles. The van der Waals surface area contributed by atoms with Crippen molar-refractivity contribution in [3.05, 3.63) is 29.8 Å². The monoisotopic (exact) mass is 263 g/mol. The maximum absolute atomic E-state index is 11.6. The second-order valence-electron chi connectivity index (χ2n) is 5.61. The minimum absolute atomic E-state index is 0.0550. The molecule has 1 rings (SSSR count). The Kier molecular flexibility index (Phi) is 4.70. The topological polar surface area (TPSA) is 57.6 Å². The number of benzene rings is 1. The van der Waals surface area contributed by atoms with Crippen LogP contribution in [0.25, 0.3) is 0 Å². The Morgan fingerprint density at radius 3 is 2.05 bits per heavy atom. The van der Waals surface area contributed by atoms with E-state index >= 15 is 0 Å². The predicted octanol–water partition coefficient (Wildman–Crippen LogP) is 2.81. The Bertz CT molecular complexity index is 457. The van der Waals surface area contributed by atoms with E-state index in [1.165, 1.54) is 17.4 Å². The van der Waals surface area contributed by atoms with Gasteiger partial charge in [0.25, 0.3) is 0 Å². The normalized spacial score (nSPS) is 11.2. The van der Waals surface area contributed by atoms with Crippen LogP contribution in [0.4, 0.5) is 5.69 Å². The standard InChI is InChI=1S/C15H21NO3/c1-11(17)16(10-9-14(18)19)13-7-5-12(6-8-13)15(2,3)4/h5-8H,9-10H2,1-4H3,(H,18,19). The number of anilines is 1. The fourth-order valence-corrected chi connectivity index (χ4v) is 1.82. The highest BCUT2D eigenvalue weighted by Crippen LogP contribution is 2.25. The van der Waals surface area contributed by atoms with Crippen LogP contribution < -0.4 is 4.90 Å². The molecule has 1 N–H and O–H groups in total. The van der Waals surface area contributed by atoms with Crippen LogP contribution in [-0.2, 0) is 15.0 Å². The van der Waals surface area contributed by atoms with E-state index in [4.69, 9.17) is 5.11 Å². The lowest BCUT2D eigenvalue weighted by atomic mass is 9.87. The summed E-state index contributed by atoms with van der Waals surface area (Å²) in [7, 11) is 0. The number of aliphatic carboxylic acids is 1. The third-order valence-electron chi connectivity index (χ3n) is 2.97. The van der Waals surface area contributed by atoms with E-state index in [2.05, 4.69) is 20.8 Å². The van der Waals surface area contributed by atoms with E-state index in [0.29, 0.717) is 0 Å². The van der Waals surface area contributed by atoms with Crippen molar-refractivity contribution in [2.45, 2.75) is 39.5 Å². The maximum Gasteiger partial charge on any atom is 0.305 e. The summed E-state index contributed by atoms with van der Waals surface area (Å²) in [6.07, 6.45) is -0.0550. The van der Waals surface area contributed by atoms with Crippen molar-refractivity contribution in [1.29, 1.82) is 0 Å². The molecule has 1 aromatic rings. The van der Waals surface area contributed by atoms with Gasteiger partial charge in [0.1, 0.15) is 0 Å². The zero-order valence-electron chi connectivity index (χ0n) is 11.9. The minimum atomic E-state index is -0.905. The molecule has 19 heavy (non-hydrogen) atoms. The molecule has 0 fully saturated rings. The number of hydrogen-bond donors (Lipinski definition) is 1. The van der Waals surface area contributed by atoms with E-state index < -0.39 is 5.97 Å². The Balaban J connectivity index is 2.92. The van der Waals surface area contributed by atoms with Crippen molar-refractivity contribution in [2.24, 2.45) is 0 Å². The van der Waals surface area contributed by atoms with Crippen LogP contribution in [0.2, 0.25) is 0 Å². The zero-order chi connectivity index (χ0) is 14.6. The molecular formula is C15H21NO3.